The Kier molecular flexibility index (Phi) is 5.53. The predicted molar refractivity (Wildman–Crippen MR) is 105 cm³/mol. The van der Waals surface area contributed by atoms with Crippen molar-refractivity contribution in [1.29, 1.82) is 5.41 Å². The molecule has 2 aliphatic rings. The summed E-state index contributed by atoms with van der Waals surface area (Å²) < 4.78 is 0. The molecule has 2 fully saturated rings. The normalized spacial score (nSPS) is 24.9. The molecule has 1 aromatic carbocycles. The van der Waals surface area contributed by atoms with Gasteiger partial charge in [-0.3, -0.25) is 19.9 Å². The number of amides is 2. The fourth-order valence-corrected chi connectivity index (χ4v) is 3.89. The van der Waals surface area contributed by atoms with E-state index in [-0.39, 0.29) is 41.2 Å². The number of nitrogens with one attached hydrogen (secondary N) is 3. The van der Waals surface area contributed by atoms with Gasteiger partial charge in [0.15, 0.2) is 5.96 Å². The van der Waals surface area contributed by atoms with Crippen molar-refractivity contribution in [2.45, 2.75) is 58.0 Å². The van der Waals surface area contributed by atoms with Crippen LogP contribution in [0.1, 0.15) is 58.1 Å². The lowest BCUT2D eigenvalue weighted by Crippen LogP contribution is -2.62. The number of hydrogen-bond donors (Lipinski definition) is 3. The predicted octanol–water partition coefficient (Wildman–Crippen LogP) is 2.82. The summed E-state index contributed by atoms with van der Waals surface area (Å²) in [4.78, 5) is 26.6. The first-order chi connectivity index (χ1) is 12.9. The van der Waals surface area contributed by atoms with E-state index in [9.17, 15) is 9.59 Å². The van der Waals surface area contributed by atoms with Gasteiger partial charge in [0.05, 0.1) is 12.5 Å². The van der Waals surface area contributed by atoms with Crippen LogP contribution >= 0.6 is 0 Å². The van der Waals surface area contributed by atoms with Crippen LogP contribution in [-0.2, 0) is 9.59 Å². The van der Waals surface area contributed by atoms with E-state index in [2.05, 4.69) is 10.6 Å². The molecule has 2 unspecified atom stereocenters. The van der Waals surface area contributed by atoms with Crippen LogP contribution < -0.4 is 10.6 Å². The fraction of sp³-hybridized carbons (Fsp3) is 0.571. The van der Waals surface area contributed by atoms with Gasteiger partial charge in [-0.15, -0.1) is 0 Å². The summed E-state index contributed by atoms with van der Waals surface area (Å²) >= 11 is 0. The molecule has 1 saturated heterocycles. The molecule has 1 saturated carbocycles. The molecular formula is C21H30N4O2. The molecule has 146 valence electrons. The Hall–Kier alpha value is -2.37. The largest absolute Gasteiger partial charge is 0.350 e. The van der Waals surface area contributed by atoms with Crippen LogP contribution in [0.5, 0.6) is 0 Å². The van der Waals surface area contributed by atoms with Crippen LogP contribution in [0.4, 0.5) is 0 Å². The van der Waals surface area contributed by atoms with Crippen molar-refractivity contribution >= 4 is 17.8 Å². The zero-order chi connectivity index (χ0) is 19.6. The topological polar surface area (TPSA) is 85.3 Å². The summed E-state index contributed by atoms with van der Waals surface area (Å²) in [6, 6.07) is 9.85. The van der Waals surface area contributed by atoms with Crippen LogP contribution in [0.3, 0.4) is 0 Å². The molecule has 2 amide bonds. The van der Waals surface area contributed by atoms with Gasteiger partial charge in [-0.05, 0) is 37.7 Å². The van der Waals surface area contributed by atoms with Gasteiger partial charge in [-0.25, -0.2) is 0 Å². The molecule has 1 aromatic rings. The molecule has 3 atom stereocenters. The maximum atomic E-state index is 12.6. The number of nitrogens with zero attached hydrogens (tertiary/aromatic N) is 1. The minimum atomic E-state index is -0.296. The Morgan fingerprint density at radius 1 is 1.33 bits per heavy atom. The molecule has 6 nitrogen and oxygen atoms in total. The Morgan fingerprint density at radius 3 is 2.59 bits per heavy atom. The highest BCUT2D eigenvalue weighted by Crippen LogP contribution is 2.40. The van der Waals surface area contributed by atoms with Gasteiger partial charge in [-0.1, -0.05) is 44.2 Å². The van der Waals surface area contributed by atoms with E-state index in [0.717, 1.165) is 24.8 Å². The van der Waals surface area contributed by atoms with Crippen molar-refractivity contribution < 1.29 is 9.59 Å². The van der Waals surface area contributed by atoms with Crippen molar-refractivity contribution in [2.75, 3.05) is 6.54 Å². The van der Waals surface area contributed by atoms with Gasteiger partial charge in [0.25, 0.3) is 0 Å². The number of hydrogen-bond acceptors (Lipinski definition) is 3. The molecule has 1 aliphatic heterocycles. The first-order valence-electron chi connectivity index (χ1n) is 9.91. The summed E-state index contributed by atoms with van der Waals surface area (Å²) in [5.41, 5.74) is 0.784. The highest BCUT2D eigenvalue weighted by atomic mass is 16.2. The van der Waals surface area contributed by atoms with E-state index in [0.29, 0.717) is 13.0 Å². The summed E-state index contributed by atoms with van der Waals surface area (Å²) in [5.74, 6) is 0.275. The average molecular weight is 370 g/mol. The zero-order valence-electron chi connectivity index (χ0n) is 16.4. The highest BCUT2D eigenvalue weighted by molar-refractivity contribution is 5.99. The maximum absolute atomic E-state index is 12.6. The van der Waals surface area contributed by atoms with Crippen molar-refractivity contribution in [3.8, 4) is 0 Å². The smallest absolute Gasteiger partial charge is 0.231 e. The number of guanidine groups is 1. The van der Waals surface area contributed by atoms with E-state index >= 15 is 0 Å². The Balaban J connectivity index is 1.53. The Labute approximate surface area is 161 Å². The standard InChI is InChI=1S/C21H30N4O2/c1-4-21(5-2)12-18(26)25(20(22)24-21)13-16-11-17(16)19(27)23-14(3)15-9-7-6-8-10-15/h6-10,14,16-17H,4-5,11-13H2,1-3H3,(H2,22,24)(H,23,27)/t14-,16?,17?/m0/s1. The molecule has 3 N–H and O–H groups in total. The third kappa shape index (κ3) is 4.15. The van der Waals surface area contributed by atoms with Gasteiger partial charge in [0.2, 0.25) is 11.8 Å². The van der Waals surface area contributed by atoms with Crippen molar-refractivity contribution in [3.63, 3.8) is 0 Å². The van der Waals surface area contributed by atoms with Crippen LogP contribution in [0, 0.1) is 17.2 Å². The Morgan fingerprint density at radius 2 is 2.00 bits per heavy atom. The van der Waals surface area contributed by atoms with E-state index < -0.39 is 0 Å². The van der Waals surface area contributed by atoms with Crippen molar-refractivity contribution in [3.05, 3.63) is 35.9 Å². The average Bonchev–Trinajstić information content (AvgIpc) is 3.44. The quantitative estimate of drug-likeness (QED) is 0.690. The lowest BCUT2D eigenvalue weighted by molar-refractivity contribution is -0.131. The van der Waals surface area contributed by atoms with Crippen LogP contribution in [-0.4, -0.2) is 34.8 Å². The molecule has 0 spiro atoms. The maximum Gasteiger partial charge on any atom is 0.231 e. The third-order valence-corrected chi connectivity index (χ3v) is 6.13. The second-order valence-corrected chi connectivity index (χ2v) is 7.89. The van der Waals surface area contributed by atoms with Crippen LogP contribution in [0.25, 0.3) is 0 Å². The van der Waals surface area contributed by atoms with E-state index in [4.69, 9.17) is 5.41 Å². The first kappa shape index (κ1) is 19.4. The monoisotopic (exact) mass is 370 g/mol. The molecular weight excluding hydrogens is 340 g/mol. The SMILES string of the molecule is CCC1(CC)CC(=O)N(CC2CC2C(=O)N[C@@H](C)c2ccccc2)C(=N)N1. The Bertz CT molecular complexity index is 694. The number of carbonyl (C=O) groups excluding carboxylic acids is 2. The molecule has 1 aliphatic carbocycles. The van der Waals surface area contributed by atoms with Gasteiger partial charge >= 0.3 is 0 Å². The molecule has 0 radical (unpaired) electrons. The van der Waals surface area contributed by atoms with Crippen LogP contribution in [0.2, 0.25) is 0 Å². The van der Waals surface area contributed by atoms with Crippen LogP contribution in [0.15, 0.2) is 30.3 Å². The van der Waals surface area contributed by atoms with Gasteiger partial charge in [-0.2, -0.15) is 0 Å². The minimum Gasteiger partial charge on any atom is -0.350 e. The molecule has 27 heavy (non-hydrogen) atoms. The molecule has 1 heterocycles. The molecule has 0 bridgehead atoms. The summed E-state index contributed by atoms with van der Waals surface area (Å²) in [6.45, 7) is 6.52. The summed E-state index contributed by atoms with van der Waals surface area (Å²) in [6.07, 6.45) is 2.82. The highest BCUT2D eigenvalue weighted by Gasteiger charge is 2.47. The van der Waals surface area contributed by atoms with Crippen molar-refractivity contribution in [2.24, 2.45) is 11.8 Å². The van der Waals surface area contributed by atoms with Gasteiger partial charge < -0.3 is 10.6 Å². The minimum absolute atomic E-state index is 0.00818. The third-order valence-electron chi connectivity index (χ3n) is 6.13. The lowest BCUT2D eigenvalue weighted by atomic mass is 9.87. The second kappa shape index (κ2) is 7.71. The van der Waals surface area contributed by atoms with Gasteiger partial charge in [0.1, 0.15) is 0 Å². The molecule has 0 aromatic heterocycles. The number of carbonyl (C=O) groups is 2. The first-order valence-corrected chi connectivity index (χ1v) is 9.91. The lowest BCUT2D eigenvalue weighted by Gasteiger charge is -2.42. The molecule has 3 rings (SSSR count). The molecule has 6 heteroatoms. The number of rotatable bonds is 7. The second-order valence-electron chi connectivity index (χ2n) is 7.89. The van der Waals surface area contributed by atoms with Gasteiger partial charge in [0, 0.05) is 18.0 Å². The summed E-state index contributed by atoms with van der Waals surface area (Å²) in [7, 11) is 0. The van der Waals surface area contributed by atoms with E-state index in [1.165, 1.54) is 4.90 Å². The fourth-order valence-electron chi connectivity index (χ4n) is 3.89. The summed E-state index contributed by atoms with van der Waals surface area (Å²) in [5, 5.41) is 14.5. The van der Waals surface area contributed by atoms with E-state index in [1.807, 2.05) is 51.1 Å². The zero-order valence-corrected chi connectivity index (χ0v) is 16.4. The van der Waals surface area contributed by atoms with Crippen molar-refractivity contribution in [1.82, 2.24) is 15.5 Å². The number of benzene rings is 1. The van der Waals surface area contributed by atoms with E-state index in [1.54, 1.807) is 0 Å².